The first kappa shape index (κ1) is 15.6. The Bertz CT molecular complexity index is 554. The van der Waals surface area contributed by atoms with Gasteiger partial charge in [-0.25, -0.2) is 0 Å². The Balaban J connectivity index is 2.05. The normalized spacial score (nSPS) is 10.9. The van der Waals surface area contributed by atoms with Crippen LogP contribution in [0.15, 0.2) is 34.9 Å². The number of hydrogen-bond acceptors (Lipinski definition) is 3. The van der Waals surface area contributed by atoms with Crippen molar-refractivity contribution in [2.75, 3.05) is 18.5 Å². The van der Waals surface area contributed by atoms with Gasteiger partial charge < -0.3 is 14.6 Å². The van der Waals surface area contributed by atoms with E-state index in [2.05, 4.69) is 62.3 Å². The number of aryl methyl sites for hydroxylation is 2. The quantitative estimate of drug-likeness (QED) is 0.779. The Labute approximate surface area is 128 Å². The van der Waals surface area contributed by atoms with Gasteiger partial charge in [0.1, 0.15) is 5.76 Å². The SMILES string of the molecule is CCCNCc1occc1CN(C)c1cc(C)cc(C)c1. The van der Waals surface area contributed by atoms with Crippen LogP contribution in [0.5, 0.6) is 0 Å². The minimum absolute atomic E-state index is 0.802. The summed E-state index contributed by atoms with van der Waals surface area (Å²) >= 11 is 0. The molecule has 1 aromatic heterocycles. The second-order valence-corrected chi connectivity index (χ2v) is 5.75. The van der Waals surface area contributed by atoms with E-state index in [9.17, 15) is 0 Å². The molecule has 1 aromatic carbocycles. The summed E-state index contributed by atoms with van der Waals surface area (Å²) in [6.07, 6.45) is 2.92. The molecule has 0 saturated carbocycles. The fraction of sp³-hybridized carbons (Fsp3) is 0.444. The zero-order valence-electron chi connectivity index (χ0n) is 13.6. The van der Waals surface area contributed by atoms with Crippen molar-refractivity contribution < 1.29 is 4.42 Å². The van der Waals surface area contributed by atoms with Crippen molar-refractivity contribution in [3.05, 3.63) is 53.0 Å². The predicted molar refractivity (Wildman–Crippen MR) is 88.7 cm³/mol. The lowest BCUT2D eigenvalue weighted by Gasteiger charge is -2.20. The van der Waals surface area contributed by atoms with Crippen LogP contribution in [-0.4, -0.2) is 13.6 Å². The van der Waals surface area contributed by atoms with Crippen molar-refractivity contribution in [2.45, 2.75) is 40.3 Å². The average molecular weight is 286 g/mol. The number of rotatable bonds is 7. The molecule has 0 atom stereocenters. The van der Waals surface area contributed by atoms with Gasteiger partial charge in [-0.2, -0.15) is 0 Å². The summed E-state index contributed by atoms with van der Waals surface area (Å²) in [5.41, 5.74) is 5.10. The predicted octanol–water partition coefficient (Wildman–Crippen LogP) is 4.03. The summed E-state index contributed by atoms with van der Waals surface area (Å²) in [5, 5.41) is 3.40. The van der Waals surface area contributed by atoms with Gasteiger partial charge in [-0.15, -0.1) is 0 Å². The van der Waals surface area contributed by atoms with E-state index in [0.29, 0.717) is 0 Å². The molecule has 0 spiro atoms. The number of nitrogens with one attached hydrogen (secondary N) is 1. The minimum Gasteiger partial charge on any atom is -0.468 e. The molecule has 1 heterocycles. The molecule has 21 heavy (non-hydrogen) atoms. The van der Waals surface area contributed by atoms with Crippen molar-refractivity contribution in [3.63, 3.8) is 0 Å². The Morgan fingerprint density at radius 3 is 2.52 bits per heavy atom. The smallest absolute Gasteiger partial charge is 0.122 e. The summed E-state index contributed by atoms with van der Waals surface area (Å²) in [5.74, 6) is 1.04. The van der Waals surface area contributed by atoms with Crippen LogP contribution in [0.3, 0.4) is 0 Å². The first-order valence-corrected chi connectivity index (χ1v) is 7.65. The lowest BCUT2D eigenvalue weighted by Crippen LogP contribution is -2.19. The molecule has 0 saturated heterocycles. The van der Waals surface area contributed by atoms with E-state index in [1.54, 1.807) is 6.26 Å². The van der Waals surface area contributed by atoms with Crippen LogP contribution in [0.25, 0.3) is 0 Å². The molecule has 0 unspecified atom stereocenters. The molecule has 114 valence electrons. The molecule has 0 fully saturated rings. The molecule has 2 aromatic rings. The fourth-order valence-corrected chi connectivity index (χ4v) is 2.56. The van der Waals surface area contributed by atoms with Crippen LogP contribution in [0, 0.1) is 13.8 Å². The summed E-state index contributed by atoms with van der Waals surface area (Å²) in [7, 11) is 2.13. The number of nitrogens with zero attached hydrogens (tertiary/aromatic N) is 1. The Kier molecular flexibility index (Phi) is 5.45. The Hall–Kier alpha value is -1.74. The van der Waals surface area contributed by atoms with Crippen LogP contribution in [0.2, 0.25) is 0 Å². The van der Waals surface area contributed by atoms with Crippen LogP contribution < -0.4 is 10.2 Å². The standard InChI is InChI=1S/C18H26N2O/c1-5-7-19-12-18-16(6-8-21-18)13-20(4)17-10-14(2)9-15(3)11-17/h6,8-11,19H,5,7,12-13H2,1-4H3. The van der Waals surface area contributed by atoms with Gasteiger partial charge in [0.05, 0.1) is 12.8 Å². The summed E-state index contributed by atoms with van der Waals surface area (Å²) in [6, 6.07) is 8.72. The Morgan fingerprint density at radius 1 is 1.14 bits per heavy atom. The molecule has 3 nitrogen and oxygen atoms in total. The van der Waals surface area contributed by atoms with E-state index in [1.807, 2.05) is 0 Å². The summed E-state index contributed by atoms with van der Waals surface area (Å²) in [6.45, 7) is 9.14. The first-order chi connectivity index (χ1) is 10.1. The highest BCUT2D eigenvalue weighted by atomic mass is 16.3. The van der Waals surface area contributed by atoms with Crippen molar-refractivity contribution in [2.24, 2.45) is 0 Å². The van der Waals surface area contributed by atoms with E-state index in [4.69, 9.17) is 4.42 Å². The maximum atomic E-state index is 5.61. The maximum absolute atomic E-state index is 5.61. The van der Waals surface area contributed by atoms with Crippen LogP contribution in [0.1, 0.15) is 35.8 Å². The van der Waals surface area contributed by atoms with Gasteiger partial charge in [-0.05, 0) is 56.1 Å². The average Bonchev–Trinajstić information content (AvgIpc) is 2.85. The second-order valence-electron chi connectivity index (χ2n) is 5.75. The van der Waals surface area contributed by atoms with Gasteiger partial charge in [0, 0.05) is 24.8 Å². The second kappa shape index (κ2) is 7.32. The van der Waals surface area contributed by atoms with Gasteiger partial charge >= 0.3 is 0 Å². The van der Waals surface area contributed by atoms with Crippen LogP contribution >= 0.6 is 0 Å². The van der Waals surface area contributed by atoms with Crippen LogP contribution in [-0.2, 0) is 13.1 Å². The van der Waals surface area contributed by atoms with Gasteiger partial charge in [0.2, 0.25) is 0 Å². The third kappa shape index (κ3) is 4.36. The highest BCUT2D eigenvalue weighted by Gasteiger charge is 2.10. The molecular weight excluding hydrogens is 260 g/mol. The van der Waals surface area contributed by atoms with Crippen molar-refractivity contribution in [1.82, 2.24) is 5.32 Å². The van der Waals surface area contributed by atoms with E-state index < -0.39 is 0 Å². The lowest BCUT2D eigenvalue weighted by atomic mass is 10.1. The molecule has 0 aliphatic heterocycles. The minimum atomic E-state index is 0.802. The molecule has 0 aliphatic rings. The molecule has 1 N–H and O–H groups in total. The number of furan rings is 1. The number of hydrogen-bond donors (Lipinski definition) is 1. The van der Waals surface area contributed by atoms with E-state index in [1.165, 1.54) is 22.4 Å². The highest BCUT2D eigenvalue weighted by molar-refractivity contribution is 5.50. The Morgan fingerprint density at radius 2 is 1.86 bits per heavy atom. The fourth-order valence-electron chi connectivity index (χ4n) is 2.56. The van der Waals surface area contributed by atoms with Gasteiger partial charge in [-0.1, -0.05) is 13.0 Å². The molecule has 0 radical (unpaired) electrons. The topological polar surface area (TPSA) is 28.4 Å². The zero-order valence-corrected chi connectivity index (χ0v) is 13.6. The molecule has 3 heteroatoms. The zero-order chi connectivity index (χ0) is 15.2. The highest BCUT2D eigenvalue weighted by Crippen LogP contribution is 2.21. The molecule has 0 aliphatic carbocycles. The van der Waals surface area contributed by atoms with Crippen molar-refractivity contribution >= 4 is 5.69 Å². The van der Waals surface area contributed by atoms with Gasteiger partial charge in [0.25, 0.3) is 0 Å². The molecule has 2 rings (SSSR count). The van der Waals surface area contributed by atoms with Crippen molar-refractivity contribution in [1.29, 1.82) is 0 Å². The third-order valence-corrected chi connectivity index (χ3v) is 3.60. The van der Waals surface area contributed by atoms with Gasteiger partial charge in [0.15, 0.2) is 0 Å². The molecule has 0 bridgehead atoms. The van der Waals surface area contributed by atoms with Gasteiger partial charge in [-0.3, -0.25) is 0 Å². The third-order valence-electron chi connectivity index (χ3n) is 3.60. The summed E-state index contributed by atoms with van der Waals surface area (Å²) < 4.78 is 5.61. The first-order valence-electron chi connectivity index (χ1n) is 7.65. The largest absolute Gasteiger partial charge is 0.468 e. The van der Waals surface area contributed by atoms with Crippen molar-refractivity contribution in [3.8, 4) is 0 Å². The van der Waals surface area contributed by atoms with E-state index >= 15 is 0 Å². The summed E-state index contributed by atoms with van der Waals surface area (Å²) in [4.78, 5) is 2.27. The maximum Gasteiger partial charge on any atom is 0.122 e. The lowest BCUT2D eigenvalue weighted by molar-refractivity contribution is 0.478. The molecule has 0 amide bonds. The number of anilines is 1. The van der Waals surface area contributed by atoms with E-state index in [0.717, 1.165) is 31.8 Å². The number of benzene rings is 1. The van der Waals surface area contributed by atoms with Crippen LogP contribution in [0.4, 0.5) is 5.69 Å². The van der Waals surface area contributed by atoms with E-state index in [-0.39, 0.29) is 0 Å². The molecular formula is C18H26N2O. The monoisotopic (exact) mass is 286 g/mol.